The number of aliphatic hydroxyl groups excluding tert-OH is 1. The van der Waals surface area contributed by atoms with Crippen LogP contribution in [0.25, 0.3) is 0 Å². The third kappa shape index (κ3) is 8.11. The van der Waals surface area contributed by atoms with Gasteiger partial charge >= 0.3 is 0 Å². The van der Waals surface area contributed by atoms with Crippen LogP contribution in [0.2, 0.25) is 0 Å². The van der Waals surface area contributed by atoms with Crippen LogP contribution in [-0.2, 0) is 13.1 Å². The molecular formula is C25H40N4O3. The number of hydrogen-bond donors (Lipinski definition) is 1. The van der Waals surface area contributed by atoms with Crippen molar-refractivity contribution in [1.29, 1.82) is 0 Å². The number of nitrogens with zero attached hydrogens (tertiary/aromatic N) is 4. The molecule has 0 saturated carbocycles. The second-order valence-electron chi connectivity index (χ2n) is 8.66. The summed E-state index contributed by atoms with van der Waals surface area (Å²) in [7, 11) is 1.65. The van der Waals surface area contributed by atoms with E-state index in [-0.39, 0.29) is 6.61 Å². The van der Waals surface area contributed by atoms with Gasteiger partial charge in [-0.05, 0) is 56.2 Å². The Balaban J connectivity index is 1.52. The minimum absolute atomic E-state index is 0.271. The quantitative estimate of drug-likeness (QED) is 0.541. The van der Waals surface area contributed by atoms with Crippen LogP contribution in [0.4, 0.5) is 0 Å². The molecule has 2 heterocycles. The van der Waals surface area contributed by atoms with Gasteiger partial charge in [-0.3, -0.25) is 9.58 Å². The standard InChI is InChI=1S/C25H40N4O3/c1-3-27(16-17-29-15-9-12-26-29)19-22-10-11-24(31-2)25(18-22)32-21-23(30)20-28-13-7-5-4-6-8-14-28/h9-12,15,18,23,30H,3-8,13-14,16-17,19-21H2,1-2H3/t23-/m0/s1. The van der Waals surface area contributed by atoms with E-state index in [9.17, 15) is 5.11 Å². The van der Waals surface area contributed by atoms with Crippen molar-refractivity contribution in [2.75, 3.05) is 46.4 Å². The maximum atomic E-state index is 10.6. The lowest BCUT2D eigenvalue weighted by atomic mass is 10.1. The molecule has 0 amide bonds. The maximum Gasteiger partial charge on any atom is 0.161 e. The summed E-state index contributed by atoms with van der Waals surface area (Å²) in [5, 5.41) is 14.9. The molecule has 178 valence electrons. The number of β-amino-alcohol motifs (C(OH)–C–C–N with tert-alkyl or cyclic N) is 1. The number of likely N-dealkylation sites (N-methyl/N-ethyl adjacent to an activating group) is 1. The zero-order valence-corrected chi connectivity index (χ0v) is 19.8. The molecule has 1 aromatic carbocycles. The Morgan fingerprint density at radius 2 is 1.91 bits per heavy atom. The van der Waals surface area contributed by atoms with Crippen LogP contribution in [0.1, 0.15) is 44.6 Å². The monoisotopic (exact) mass is 444 g/mol. The molecule has 0 spiro atoms. The summed E-state index contributed by atoms with van der Waals surface area (Å²) >= 11 is 0. The summed E-state index contributed by atoms with van der Waals surface area (Å²) in [6.45, 7) is 8.82. The van der Waals surface area contributed by atoms with Gasteiger partial charge in [0.2, 0.25) is 0 Å². The van der Waals surface area contributed by atoms with E-state index in [1.807, 2.05) is 35.3 Å². The molecule has 1 atom stereocenters. The van der Waals surface area contributed by atoms with Gasteiger partial charge < -0.3 is 19.5 Å². The van der Waals surface area contributed by atoms with Gasteiger partial charge in [0.25, 0.3) is 0 Å². The summed E-state index contributed by atoms with van der Waals surface area (Å²) in [5.41, 5.74) is 1.17. The summed E-state index contributed by atoms with van der Waals surface area (Å²) in [4.78, 5) is 4.75. The van der Waals surface area contributed by atoms with Gasteiger partial charge in [0, 0.05) is 32.0 Å². The van der Waals surface area contributed by atoms with E-state index in [1.54, 1.807) is 7.11 Å². The SMILES string of the molecule is CCN(CCn1cccn1)Cc1ccc(OC)c(OC[C@@H](O)CN2CCCCCCC2)c1. The van der Waals surface area contributed by atoms with Crippen molar-refractivity contribution in [2.45, 2.75) is 58.2 Å². The van der Waals surface area contributed by atoms with Gasteiger partial charge in [0.05, 0.1) is 13.7 Å². The van der Waals surface area contributed by atoms with Gasteiger partial charge in [-0.2, -0.15) is 5.10 Å². The predicted molar refractivity (Wildman–Crippen MR) is 127 cm³/mol. The molecule has 0 bridgehead atoms. The molecule has 1 aliphatic heterocycles. The van der Waals surface area contributed by atoms with Crippen molar-refractivity contribution >= 4 is 0 Å². The summed E-state index contributed by atoms with van der Waals surface area (Å²) in [6, 6.07) is 8.03. The number of hydrogen-bond acceptors (Lipinski definition) is 6. The molecule has 1 fully saturated rings. The van der Waals surface area contributed by atoms with Crippen molar-refractivity contribution in [3.8, 4) is 11.5 Å². The second kappa shape index (κ2) is 13.5. The lowest BCUT2D eigenvalue weighted by Crippen LogP contribution is -2.37. The highest BCUT2D eigenvalue weighted by Gasteiger charge is 2.15. The average molecular weight is 445 g/mol. The first kappa shape index (κ1) is 24.6. The van der Waals surface area contributed by atoms with Gasteiger partial charge in [-0.25, -0.2) is 0 Å². The van der Waals surface area contributed by atoms with E-state index in [4.69, 9.17) is 9.47 Å². The average Bonchev–Trinajstić information content (AvgIpc) is 3.30. The predicted octanol–water partition coefficient (Wildman–Crippen LogP) is 3.42. The van der Waals surface area contributed by atoms with Crippen LogP contribution < -0.4 is 9.47 Å². The number of methoxy groups -OCH3 is 1. The van der Waals surface area contributed by atoms with Crippen LogP contribution >= 0.6 is 0 Å². The van der Waals surface area contributed by atoms with Crippen molar-refractivity contribution in [3.63, 3.8) is 0 Å². The lowest BCUT2D eigenvalue weighted by Gasteiger charge is -2.27. The third-order valence-electron chi connectivity index (χ3n) is 6.13. The van der Waals surface area contributed by atoms with Crippen molar-refractivity contribution in [1.82, 2.24) is 19.6 Å². The van der Waals surface area contributed by atoms with Crippen LogP contribution in [0.3, 0.4) is 0 Å². The highest BCUT2D eigenvalue weighted by Crippen LogP contribution is 2.29. The minimum atomic E-state index is -0.510. The molecule has 0 aliphatic carbocycles. The van der Waals surface area contributed by atoms with Crippen LogP contribution in [-0.4, -0.2) is 77.2 Å². The number of likely N-dealkylation sites (tertiary alicyclic amines) is 1. The Bertz CT molecular complexity index is 761. The fourth-order valence-electron chi connectivity index (χ4n) is 4.25. The van der Waals surface area contributed by atoms with E-state index >= 15 is 0 Å². The fraction of sp³-hybridized carbons (Fsp3) is 0.640. The highest BCUT2D eigenvalue weighted by atomic mass is 16.5. The topological polar surface area (TPSA) is 63.0 Å². The largest absolute Gasteiger partial charge is 0.493 e. The number of aromatic nitrogens is 2. The molecule has 0 radical (unpaired) electrons. The Hall–Kier alpha value is -2.09. The van der Waals surface area contributed by atoms with E-state index in [0.29, 0.717) is 18.0 Å². The zero-order valence-electron chi connectivity index (χ0n) is 19.8. The highest BCUT2D eigenvalue weighted by molar-refractivity contribution is 5.43. The molecule has 1 N–H and O–H groups in total. The Labute approximate surface area is 192 Å². The second-order valence-corrected chi connectivity index (χ2v) is 8.66. The molecule has 1 aromatic heterocycles. The smallest absolute Gasteiger partial charge is 0.161 e. The maximum absolute atomic E-state index is 10.6. The first-order chi connectivity index (χ1) is 15.7. The van der Waals surface area contributed by atoms with E-state index in [2.05, 4.69) is 27.9 Å². The molecule has 1 saturated heterocycles. The van der Waals surface area contributed by atoms with Crippen LogP contribution in [0.5, 0.6) is 11.5 Å². The lowest BCUT2D eigenvalue weighted by molar-refractivity contribution is 0.0644. The van der Waals surface area contributed by atoms with Crippen molar-refractivity contribution < 1.29 is 14.6 Å². The van der Waals surface area contributed by atoms with Gasteiger partial charge in [-0.15, -0.1) is 0 Å². The van der Waals surface area contributed by atoms with Crippen LogP contribution in [0.15, 0.2) is 36.7 Å². The number of aliphatic hydroxyl groups is 1. The number of benzene rings is 1. The molecule has 3 rings (SSSR count). The van der Waals surface area contributed by atoms with Gasteiger partial charge in [0.1, 0.15) is 12.7 Å². The summed E-state index contributed by atoms with van der Waals surface area (Å²) in [5.74, 6) is 1.40. The molecule has 0 unspecified atom stereocenters. The number of rotatable bonds is 12. The van der Waals surface area contributed by atoms with Crippen LogP contribution in [0, 0.1) is 0 Å². The molecule has 32 heavy (non-hydrogen) atoms. The Morgan fingerprint density at radius 1 is 1.12 bits per heavy atom. The third-order valence-corrected chi connectivity index (χ3v) is 6.13. The van der Waals surface area contributed by atoms with Crippen molar-refractivity contribution in [3.05, 3.63) is 42.2 Å². The Kier molecular flexibility index (Phi) is 10.3. The van der Waals surface area contributed by atoms with Gasteiger partial charge in [0.15, 0.2) is 11.5 Å². The first-order valence-electron chi connectivity index (χ1n) is 12.1. The summed E-state index contributed by atoms with van der Waals surface area (Å²) < 4.78 is 13.5. The number of ether oxygens (including phenoxy) is 2. The first-order valence-corrected chi connectivity index (χ1v) is 12.1. The molecule has 1 aliphatic rings. The molecular weight excluding hydrogens is 404 g/mol. The molecule has 2 aromatic rings. The molecule has 7 nitrogen and oxygen atoms in total. The van der Waals surface area contributed by atoms with Crippen molar-refractivity contribution in [2.24, 2.45) is 0 Å². The summed E-state index contributed by atoms with van der Waals surface area (Å²) in [6.07, 6.45) is 9.67. The molecule has 7 heteroatoms. The van der Waals surface area contributed by atoms with Gasteiger partial charge in [-0.1, -0.05) is 32.3 Å². The zero-order chi connectivity index (χ0) is 22.6. The Morgan fingerprint density at radius 3 is 2.59 bits per heavy atom. The van der Waals surface area contributed by atoms with E-state index < -0.39 is 6.10 Å². The fourth-order valence-corrected chi connectivity index (χ4v) is 4.25. The normalized spacial score (nSPS) is 16.5. The minimum Gasteiger partial charge on any atom is -0.493 e. The van der Waals surface area contributed by atoms with E-state index in [1.165, 1.54) is 37.7 Å². The van der Waals surface area contributed by atoms with E-state index in [0.717, 1.165) is 39.3 Å².